The van der Waals surface area contributed by atoms with E-state index in [2.05, 4.69) is 20.8 Å². The minimum absolute atomic E-state index is 0.0132. The molecule has 3 atom stereocenters. The standard InChI is InChI=1S/C14H22O2/c1-10(15)6-9-14-11(16)13(14,4)8-5-7-12(14,2)3/h6,9,11,16H,5,7-8H2,1-4H3/b9-6+. The van der Waals surface area contributed by atoms with Crippen LogP contribution in [0.15, 0.2) is 12.2 Å². The van der Waals surface area contributed by atoms with Crippen LogP contribution < -0.4 is 0 Å². The normalized spacial score (nSPS) is 45.4. The van der Waals surface area contributed by atoms with E-state index >= 15 is 0 Å². The Labute approximate surface area is 97.7 Å². The second-order valence-electron chi connectivity index (χ2n) is 6.37. The average molecular weight is 222 g/mol. The Balaban J connectivity index is 2.39. The van der Waals surface area contributed by atoms with Crippen LogP contribution in [-0.2, 0) is 4.79 Å². The first-order valence-electron chi connectivity index (χ1n) is 6.16. The second kappa shape index (κ2) is 3.19. The first kappa shape index (κ1) is 11.8. The Morgan fingerprint density at radius 2 is 1.94 bits per heavy atom. The summed E-state index contributed by atoms with van der Waals surface area (Å²) in [5.41, 5.74) is -0.101. The van der Waals surface area contributed by atoms with Gasteiger partial charge in [0, 0.05) is 10.8 Å². The van der Waals surface area contributed by atoms with Crippen molar-refractivity contribution in [1.29, 1.82) is 0 Å². The number of ketones is 1. The molecule has 2 rings (SSSR count). The van der Waals surface area contributed by atoms with Crippen molar-refractivity contribution in [1.82, 2.24) is 0 Å². The zero-order chi connectivity index (χ0) is 12.2. The monoisotopic (exact) mass is 222 g/mol. The number of carbonyl (C=O) groups excluding carboxylic acids is 1. The highest BCUT2D eigenvalue weighted by Gasteiger charge is 2.78. The summed E-state index contributed by atoms with van der Waals surface area (Å²) >= 11 is 0. The van der Waals surface area contributed by atoms with Gasteiger partial charge in [0.1, 0.15) is 0 Å². The minimum atomic E-state index is -0.284. The Bertz CT molecular complexity index is 342. The lowest BCUT2D eigenvalue weighted by molar-refractivity contribution is -0.112. The molecule has 0 radical (unpaired) electrons. The van der Waals surface area contributed by atoms with E-state index in [1.54, 1.807) is 13.0 Å². The van der Waals surface area contributed by atoms with Crippen molar-refractivity contribution in [2.24, 2.45) is 16.2 Å². The fraction of sp³-hybridized carbons (Fsp3) is 0.786. The van der Waals surface area contributed by atoms with Crippen LogP contribution in [0.1, 0.15) is 47.0 Å². The molecular formula is C14H22O2. The van der Waals surface area contributed by atoms with Gasteiger partial charge in [-0.2, -0.15) is 0 Å². The number of carbonyl (C=O) groups is 1. The maximum absolute atomic E-state index is 11.1. The van der Waals surface area contributed by atoms with Crippen LogP contribution in [-0.4, -0.2) is 17.0 Å². The molecule has 0 amide bonds. The summed E-state index contributed by atoms with van der Waals surface area (Å²) in [5, 5.41) is 10.3. The molecule has 0 heterocycles. The zero-order valence-corrected chi connectivity index (χ0v) is 10.7. The van der Waals surface area contributed by atoms with Gasteiger partial charge >= 0.3 is 0 Å². The predicted molar refractivity (Wildman–Crippen MR) is 64.0 cm³/mol. The Kier molecular flexibility index (Phi) is 2.36. The van der Waals surface area contributed by atoms with Gasteiger partial charge in [0.05, 0.1) is 6.10 Å². The van der Waals surface area contributed by atoms with Gasteiger partial charge < -0.3 is 5.11 Å². The van der Waals surface area contributed by atoms with E-state index in [1.807, 2.05) is 6.08 Å². The summed E-state index contributed by atoms with van der Waals surface area (Å²) in [7, 11) is 0. The summed E-state index contributed by atoms with van der Waals surface area (Å²) in [4.78, 5) is 11.1. The van der Waals surface area contributed by atoms with Gasteiger partial charge in [-0.3, -0.25) is 4.79 Å². The molecule has 2 aliphatic carbocycles. The Morgan fingerprint density at radius 1 is 1.31 bits per heavy atom. The van der Waals surface area contributed by atoms with Crippen LogP contribution in [0.5, 0.6) is 0 Å². The zero-order valence-electron chi connectivity index (χ0n) is 10.7. The van der Waals surface area contributed by atoms with Gasteiger partial charge in [-0.1, -0.05) is 33.3 Å². The first-order valence-corrected chi connectivity index (χ1v) is 6.16. The third-order valence-corrected chi connectivity index (χ3v) is 5.10. The molecule has 2 nitrogen and oxygen atoms in total. The van der Waals surface area contributed by atoms with E-state index in [0.29, 0.717) is 0 Å². The van der Waals surface area contributed by atoms with Crippen LogP contribution in [0, 0.1) is 16.2 Å². The van der Waals surface area contributed by atoms with Gasteiger partial charge in [-0.15, -0.1) is 0 Å². The third-order valence-electron chi connectivity index (χ3n) is 5.10. The average Bonchev–Trinajstić information content (AvgIpc) is 2.63. The lowest BCUT2D eigenvalue weighted by Crippen LogP contribution is -2.33. The number of allylic oxidation sites excluding steroid dienone is 1. The highest BCUT2D eigenvalue weighted by Crippen LogP contribution is 2.77. The molecule has 2 aliphatic rings. The lowest BCUT2D eigenvalue weighted by atomic mass is 9.63. The van der Waals surface area contributed by atoms with Gasteiger partial charge in [-0.05, 0) is 31.3 Å². The number of aliphatic hydroxyl groups is 1. The van der Waals surface area contributed by atoms with Crippen molar-refractivity contribution >= 4 is 5.78 Å². The summed E-state index contributed by atoms with van der Waals surface area (Å²) in [6.07, 6.45) is 6.71. The fourth-order valence-electron chi connectivity index (χ4n) is 4.03. The van der Waals surface area contributed by atoms with Crippen molar-refractivity contribution < 1.29 is 9.90 Å². The number of hydrogen-bond acceptors (Lipinski definition) is 2. The maximum Gasteiger partial charge on any atom is 0.152 e. The van der Waals surface area contributed by atoms with Gasteiger partial charge in [-0.25, -0.2) is 0 Å². The predicted octanol–water partition coefficient (Wildman–Crippen LogP) is 2.71. The van der Waals surface area contributed by atoms with E-state index in [4.69, 9.17) is 0 Å². The van der Waals surface area contributed by atoms with E-state index in [1.165, 1.54) is 6.42 Å². The topological polar surface area (TPSA) is 37.3 Å². The van der Waals surface area contributed by atoms with E-state index in [0.717, 1.165) is 12.8 Å². The number of hydrogen-bond donors (Lipinski definition) is 1. The number of aliphatic hydroxyl groups excluding tert-OH is 1. The molecule has 2 fully saturated rings. The third kappa shape index (κ3) is 1.20. The number of fused-ring (bicyclic) bond motifs is 1. The smallest absolute Gasteiger partial charge is 0.152 e. The van der Waals surface area contributed by atoms with Crippen LogP contribution in [0.3, 0.4) is 0 Å². The van der Waals surface area contributed by atoms with Crippen molar-refractivity contribution in [2.45, 2.75) is 53.1 Å². The second-order valence-corrected chi connectivity index (χ2v) is 6.37. The molecule has 0 saturated heterocycles. The van der Waals surface area contributed by atoms with Crippen LogP contribution in [0.4, 0.5) is 0 Å². The SMILES string of the molecule is CC(=O)/C=C/C12C(O)C1(C)CCCC2(C)C. The fourth-order valence-corrected chi connectivity index (χ4v) is 4.03. The van der Waals surface area contributed by atoms with Gasteiger partial charge in [0.2, 0.25) is 0 Å². The van der Waals surface area contributed by atoms with E-state index in [-0.39, 0.29) is 28.1 Å². The molecule has 0 aliphatic heterocycles. The van der Waals surface area contributed by atoms with Crippen molar-refractivity contribution in [3.8, 4) is 0 Å². The summed E-state index contributed by atoms with van der Waals surface area (Å²) in [6, 6.07) is 0. The highest BCUT2D eigenvalue weighted by molar-refractivity contribution is 5.87. The molecule has 1 N–H and O–H groups in total. The Morgan fingerprint density at radius 3 is 2.44 bits per heavy atom. The first-order chi connectivity index (χ1) is 7.28. The van der Waals surface area contributed by atoms with Crippen molar-refractivity contribution in [3.63, 3.8) is 0 Å². The molecule has 2 heteroatoms. The Hall–Kier alpha value is -0.630. The van der Waals surface area contributed by atoms with E-state index in [9.17, 15) is 9.90 Å². The highest BCUT2D eigenvalue weighted by atomic mass is 16.3. The summed E-state index contributed by atoms with van der Waals surface area (Å²) < 4.78 is 0. The summed E-state index contributed by atoms with van der Waals surface area (Å²) in [5.74, 6) is 0.0669. The van der Waals surface area contributed by atoms with Crippen molar-refractivity contribution in [3.05, 3.63) is 12.2 Å². The summed E-state index contributed by atoms with van der Waals surface area (Å²) in [6.45, 7) is 8.15. The molecule has 0 bridgehead atoms. The molecule has 3 unspecified atom stereocenters. The molecule has 0 aromatic carbocycles. The molecule has 2 saturated carbocycles. The van der Waals surface area contributed by atoms with Gasteiger partial charge in [0.25, 0.3) is 0 Å². The van der Waals surface area contributed by atoms with E-state index < -0.39 is 0 Å². The molecule has 16 heavy (non-hydrogen) atoms. The molecule has 0 aromatic rings. The van der Waals surface area contributed by atoms with Crippen LogP contribution >= 0.6 is 0 Å². The number of rotatable bonds is 2. The molecule has 0 spiro atoms. The lowest BCUT2D eigenvalue weighted by Gasteiger charge is -2.40. The quantitative estimate of drug-likeness (QED) is 0.729. The molecule has 90 valence electrons. The van der Waals surface area contributed by atoms with Crippen LogP contribution in [0.2, 0.25) is 0 Å². The maximum atomic E-state index is 11.1. The van der Waals surface area contributed by atoms with Gasteiger partial charge in [0.15, 0.2) is 5.78 Å². The minimum Gasteiger partial charge on any atom is -0.392 e. The molecule has 0 aromatic heterocycles. The largest absolute Gasteiger partial charge is 0.392 e. The van der Waals surface area contributed by atoms with Crippen LogP contribution in [0.25, 0.3) is 0 Å². The van der Waals surface area contributed by atoms with Crippen molar-refractivity contribution in [2.75, 3.05) is 0 Å². The molecular weight excluding hydrogens is 200 g/mol.